The maximum absolute atomic E-state index is 12.7. The van der Waals surface area contributed by atoms with Gasteiger partial charge in [-0.3, -0.25) is 5.01 Å². The van der Waals surface area contributed by atoms with Crippen molar-refractivity contribution < 1.29 is 9.53 Å². The standard InChI is InChI=1S/C29H26N2O2/c1-29(2)26(20-33-28(32)22-12-5-3-6-13-22)31(25-15-7-4-8-16-25)30-27(29)24-18-17-21-11-9-10-14-23(21)19-24/h3-19,26H,20H2,1-2H3. The minimum atomic E-state index is -0.352. The first-order chi connectivity index (χ1) is 16.0. The van der Waals surface area contributed by atoms with Gasteiger partial charge in [0.1, 0.15) is 6.61 Å². The van der Waals surface area contributed by atoms with Gasteiger partial charge in [-0.1, -0.05) is 86.6 Å². The van der Waals surface area contributed by atoms with Gasteiger partial charge in [-0.15, -0.1) is 0 Å². The van der Waals surface area contributed by atoms with Crippen LogP contribution in [0.1, 0.15) is 29.8 Å². The van der Waals surface area contributed by atoms with Crippen molar-refractivity contribution in [3.05, 3.63) is 114 Å². The molecule has 4 aromatic carbocycles. The number of benzene rings is 4. The Hall–Kier alpha value is -3.92. The fourth-order valence-corrected chi connectivity index (χ4v) is 4.45. The molecule has 0 amide bonds. The van der Waals surface area contributed by atoms with Gasteiger partial charge in [0.15, 0.2) is 0 Å². The summed E-state index contributed by atoms with van der Waals surface area (Å²) < 4.78 is 5.80. The second-order valence-corrected chi connectivity index (χ2v) is 8.89. The lowest BCUT2D eigenvalue weighted by Crippen LogP contribution is -2.44. The minimum absolute atomic E-state index is 0.144. The molecule has 0 fully saturated rings. The summed E-state index contributed by atoms with van der Waals surface area (Å²) in [5.41, 5.74) is 3.24. The van der Waals surface area contributed by atoms with Gasteiger partial charge in [0.2, 0.25) is 0 Å². The molecule has 1 atom stereocenters. The molecule has 0 aliphatic carbocycles. The maximum atomic E-state index is 12.7. The molecule has 4 aromatic rings. The number of hydrogen-bond donors (Lipinski definition) is 0. The van der Waals surface area contributed by atoms with Gasteiger partial charge in [-0.25, -0.2) is 4.79 Å². The summed E-state index contributed by atoms with van der Waals surface area (Å²) in [6.07, 6.45) is 0. The Morgan fingerprint density at radius 2 is 1.48 bits per heavy atom. The van der Waals surface area contributed by atoms with Crippen LogP contribution in [0.5, 0.6) is 0 Å². The van der Waals surface area contributed by atoms with Crippen LogP contribution in [-0.4, -0.2) is 24.3 Å². The number of carbonyl (C=O) groups excluding carboxylic acids is 1. The van der Waals surface area contributed by atoms with Crippen molar-refractivity contribution in [3.8, 4) is 0 Å². The molecular formula is C29H26N2O2. The lowest BCUT2D eigenvalue weighted by atomic mass is 9.78. The van der Waals surface area contributed by atoms with Gasteiger partial charge >= 0.3 is 5.97 Å². The number of hydrazone groups is 1. The highest BCUT2D eigenvalue weighted by atomic mass is 16.5. The van der Waals surface area contributed by atoms with Gasteiger partial charge in [0.05, 0.1) is 23.0 Å². The van der Waals surface area contributed by atoms with Crippen molar-refractivity contribution >= 4 is 28.1 Å². The highest BCUT2D eigenvalue weighted by Gasteiger charge is 2.46. The largest absolute Gasteiger partial charge is 0.460 e. The lowest BCUT2D eigenvalue weighted by molar-refractivity contribution is 0.0450. The van der Waals surface area contributed by atoms with E-state index in [9.17, 15) is 4.79 Å². The SMILES string of the molecule is CC1(C)C(c2ccc3ccccc3c2)=NN(c2ccccc2)C1COC(=O)c1ccccc1. The second-order valence-electron chi connectivity index (χ2n) is 8.89. The second kappa shape index (κ2) is 8.55. The molecule has 1 aliphatic rings. The zero-order valence-corrected chi connectivity index (χ0v) is 18.8. The monoisotopic (exact) mass is 434 g/mol. The van der Waals surface area contributed by atoms with E-state index in [2.05, 4.69) is 50.2 Å². The molecule has 0 saturated carbocycles. The van der Waals surface area contributed by atoms with E-state index >= 15 is 0 Å². The van der Waals surface area contributed by atoms with Gasteiger partial charge in [-0.05, 0) is 46.7 Å². The molecule has 0 bridgehead atoms. The van der Waals surface area contributed by atoms with Crippen molar-refractivity contribution in [2.45, 2.75) is 19.9 Å². The van der Waals surface area contributed by atoms with E-state index in [1.165, 1.54) is 10.8 Å². The van der Waals surface area contributed by atoms with Crippen LogP contribution >= 0.6 is 0 Å². The predicted octanol–water partition coefficient (Wildman–Crippen LogP) is 6.32. The molecule has 4 nitrogen and oxygen atoms in total. The van der Waals surface area contributed by atoms with E-state index < -0.39 is 0 Å². The number of fused-ring (bicyclic) bond motifs is 1. The van der Waals surface area contributed by atoms with E-state index in [4.69, 9.17) is 9.84 Å². The van der Waals surface area contributed by atoms with Crippen molar-refractivity contribution in [1.82, 2.24) is 0 Å². The average Bonchev–Trinajstić information content (AvgIpc) is 3.13. The topological polar surface area (TPSA) is 41.9 Å². The number of rotatable bonds is 5. The van der Waals surface area contributed by atoms with Gasteiger partial charge < -0.3 is 4.74 Å². The number of anilines is 1. The van der Waals surface area contributed by atoms with E-state index in [0.29, 0.717) is 5.56 Å². The molecule has 5 rings (SSSR count). The highest BCUT2D eigenvalue weighted by Crippen LogP contribution is 2.40. The molecule has 0 aromatic heterocycles. The molecule has 1 aliphatic heterocycles. The summed E-state index contributed by atoms with van der Waals surface area (Å²) in [6, 6.07) is 33.8. The smallest absolute Gasteiger partial charge is 0.338 e. The maximum Gasteiger partial charge on any atom is 0.338 e. The summed E-state index contributed by atoms with van der Waals surface area (Å²) >= 11 is 0. The fraction of sp³-hybridized carbons (Fsp3) is 0.172. The summed E-state index contributed by atoms with van der Waals surface area (Å²) in [7, 11) is 0. The first-order valence-electron chi connectivity index (χ1n) is 11.2. The van der Waals surface area contributed by atoms with Crippen molar-refractivity contribution in [2.24, 2.45) is 10.5 Å². The molecule has 1 heterocycles. The predicted molar refractivity (Wildman–Crippen MR) is 134 cm³/mol. The fourth-order valence-electron chi connectivity index (χ4n) is 4.45. The van der Waals surface area contributed by atoms with Gasteiger partial charge in [0, 0.05) is 5.41 Å². The number of esters is 1. The molecule has 0 radical (unpaired) electrons. The van der Waals surface area contributed by atoms with Crippen molar-refractivity contribution in [2.75, 3.05) is 11.6 Å². The zero-order chi connectivity index (χ0) is 22.8. The Balaban J connectivity index is 1.50. The number of nitrogens with zero attached hydrogens (tertiary/aromatic N) is 2. The molecule has 1 unspecified atom stereocenters. The van der Waals surface area contributed by atoms with Crippen LogP contribution in [0, 0.1) is 5.41 Å². The Morgan fingerprint density at radius 1 is 0.848 bits per heavy atom. The van der Waals surface area contributed by atoms with E-state index in [0.717, 1.165) is 17.0 Å². The Labute approximate surface area is 194 Å². The van der Waals surface area contributed by atoms with Crippen LogP contribution in [-0.2, 0) is 4.74 Å². The van der Waals surface area contributed by atoms with Gasteiger partial charge in [0.25, 0.3) is 0 Å². The summed E-state index contributed by atoms with van der Waals surface area (Å²) in [5.74, 6) is -0.321. The average molecular weight is 435 g/mol. The Kier molecular flexibility index (Phi) is 5.43. The third-order valence-corrected chi connectivity index (χ3v) is 6.37. The van der Waals surface area contributed by atoms with Crippen molar-refractivity contribution in [1.29, 1.82) is 0 Å². The van der Waals surface area contributed by atoms with Crippen LogP contribution in [0.25, 0.3) is 10.8 Å². The molecule has 164 valence electrons. The Morgan fingerprint density at radius 3 is 2.21 bits per heavy atom. The lowest BCUT2D eigenvalue weighted by Gasteiger charge is -2.32. The summed E-state index contributed by atoms with van der Waals surface area (Å²) in [6.45, 7) is 4.58. The van der Waals surface area contributed by atoms with Crippen LogP contribution < -0.4 is 5.01 Å². The first kappa shape index (κ1) is 21.0. The number of para-hydroxylation sites is 1. The minimum Gasteiger partial charge on any atom is -0.460 e. The molecule has 0 saturated heterocycles. The summed E-state index contributed by atoms with van der Waals surface area (Å²) in [5, 5.41) is 9.46. The number of carbonyl (C=O) groups is 1. The first-order valence-corrected chi connectivity index (χ1v) is 11.2. The zero-order valence-electron chi connectivity index (χ0n) is 18.8. The molecule has 33 heavy (non-hydrogen) atoms. The van der Waals surface area contributed by atoms with Crippen LogP contribution in [0.15, 0.2) is 108 Å². The third kappa shape index (κ3) is 4.00. The molecule has 0 spiro atoms. The quantitative estimate of drug-likeness (QED) is 0.345. The normalized spacial score (nSPS) is 17.1. The Bertz CT molecular complexity index is 1310. The van der Waals surface area contributed by atoms with E-state index in [-0.39, 0.29) is 24.0 Å². The highest BCUT2D eigenvalue weighted by molar-refractivity contribution is 6.09. The third-order valence-electron chi connectivity index (χ3n) is 6.37. The van der Waals surface area contributed by atoms with E-state index in [1.54, 1.807) is 12.1 Å². The van der Waals surface area contributed by atoms with Crippen LogP contribution in [0.2, 0.25) is 0 Å². The number of ether oxygens (including phenoxy) is 1. The molecular weight excluding hydrogens is 408 g/mol. The van der Waals surface area contributed by atoms with Gasteiger partial charge in [-0.2, -0.15) is 5.10 Å². The van der Waals surface area contributed by atoms with E-state index in [1.807, 2.05) is 59.6 Å². The van der Waals surface area contributed by atoms with Crippen LogP contribution in [0.4, 0.5) is 5.69 Å². The molecule has 4 heteroatoms. The molecule has 0 N–H and O–H groups in total. The number of hydrogen-bond acceptors (Lipinski definition) is 4. The summed E-state index contributed by atoms with van der Waals surface area (Å²) in [4.78, 5) is 12.7. The van der Waals surface area contributed by atoms with Crippen LogP contribution in [0.3, 0.4) is 0 Å². The van der Waals surface area contributed by atoms with Crippen molar-refractivity contribution in [3.63, 3.8) is 0 Å².